The summed E-state index contributed by atoms with van der Waals surface area (Å²) in [5.74, 6) is -3.54. The Kier molecular flexibility index (Phi) is 10.0. The Morgan fingerprint density at radius 2 is 1.69 bits per heavy atom. The molecule has 12 nitrogen and oxygen atoms in total. The molecule has 192 valence electrons. The number of nitrogens with one attached hydrogen (secondary N) is 3. The van der Waals surface area contributed by atoms with Crippen molar-refractivity contribution in [3.63, 3.8) is 0 Å². The largest absolute Gasteiger partial charge is 0.508 e. The van der Waals surface area contributed by atoms with Gasteiger partial charge in [0.25, 0.3) is 0 Å². The fourth-order valence-electron chi connectivity index (χ4n) is 3.77. The lowest BCUT2D eigenvalue weighted by Gasteiger charge is -2.28. The maximum absolute atomic E-state index is 12.9. The average Bonchev–Trinajstić information content (AvgIpc) is 3.30. The molecule has 1 aromatic rings. The minimum absolute atomic E-state index is 0.0992. The van der Waals surface area contributed by atoms with Crippen molar-refractivity contribution in [2.24, 2.45) is 11.7 Å². The number of carboxylic acids is 1. The van der Waals surface area contributed by atoms with Crippen LogP contribution in [0.4, 0.5) is 0 Å². The van der Waals surface area contributed by atoms with Crippen LogP contribution in [0.1, 0.15) is 32.3 Å². The Hall–Kier alpha value is -3.67. The van der Waals surface area contributed by atoms with Crippen molar-refractivity contribution in [3.05, 3.63) is 29.8 Å². The van der Waals surface area contributed by atoms with Gasteiger partial charge in [0.05, 0.1) is 12.6 Å². The molecular formula is C23H33N5O7. The maximum atomic E-state index is 12.9. The first-order chi connectivity index (χ1) is 16.5. The number of hydrogen-bond acceptors (Lipinski definition) is 7. The summed E-state index contributed by atoms with van der Waals surface area (Å²) in [6.07, 6.45) is 1.19. The van der Waals surface area contributed by atoms with Crippen LogP contribution in [0.2, 0.25) is 0 Å². The van der Waals surface area contributed by atoms with E-state index in [4.69, 9.17) is 10.8 Å². The normalized spacial score (nSPS) is 16.9. The molecule has 0 radical (unpaired) electrons. The van der Waals surface area contributed by atoms with Crippen molar-refractivity contribution in [2.75, 3.05) is 19.6 Å². The van der Waals surface area contributed by atoms with E-state index in [0.717, 1.165) is 5.56 Å². The van der Waals surface area contributed by atoms with Crippen LogP contribution in [0.5, 0.6) is 5.75 Å². The van der Waals surface area contributed by atoms with Gasteiger partial charge in [-0.3, -0.25) is 24.0 Å². The Balaban J connectivity index is 1.90. The number of benzene rings is 1. The van der Waals surface area contributed by atoms with E-state index in [1.165, 1.54) is 17.0 Å². The van der Waals surface area contributed by atoms with E-state index in [0.29, 0.717) is 19.4 Å². The highest BCUT2D eigenvalue weighted by Crippen LogP contribution is 2.18. The zero-order chi connectivity index (χ0) is 26.1. The second kappa shape index (κ2) is 12.7. The van der Waals surface area contributed by atoms with Crippen LogP contribution in [-0.4, -0.2) is 82.5 Å². The smallest absolute Gasteiger partial charge is 0.322 e. The third kappa shape index (κ3) is 8.25. The first-order valence-electron chi connectivity index (χ1n) is 11.4. The van der Waals surface area contributed by atoms with Gasteiger partial charge in [-0.15, -0.1) is 0 Å². The number of likely N-dealkylation sites (tertiary alicyclic amines) is 1. The van der Waals surface area contributed by atoms with E-state index < -0.39 is 54.3 Å². The van der Waals surface area contributed by atoms with Crippen LogP contribution >= 0.6 is 0 Å². The molecule has 2 rings (SSSR count). The van der Waals surface area contributed by atoms with Crippen molar-refractivity contribution in [1.82, 2.24) is 20.9 Å². The number of phenolic OH excluding ortho intramolecular Hbond substituents is 1. The summed E-state index contributed by atoms with van der Waals surface area (Å²) in [6.45, 7) is 2.84. The molecule has 3 unspecified atom stereocenters. The minimum Gasteiger partial charge on any atom is -0.508 e. The molecule has 0 bridgehead atoms. The van der Waals surface area contributed by atoms with Gasteiger partial charge in [-0.05, 0) is 42.9 Å². The summed E-state index contributed by atoms with van der Waals surface area (Å²) in [4.78, 5) is 62.3. The first kappa shape index (κ1) is 27.6. The molecule has 1 aromatic carbocycles. The molecule has 3 atom stereocenters. The zero-order valence-corrected chi connectivity index (χ0v) is 19.8. The summed E-state index contributed by atoms with van der Waals surface area (Å²) in [5, 5.41) is 25.4. The van der Waals surface area contributed by atoms with Gasteiger partial charge in [0.2, 0.25) is 23.6 Å². The summed E-state index contributed by atoms with van der Waals surface area (Å²) in [6, 6.07) is 3.60. The molecule has 0 spiro atoms. The molecule has 1 aliphatic rings. The molecule has 0 aliphatic carbocycles. The SMILES string of the molecule is CC(C)C(NC(=O)C1CCCN1C(=O)CNC(=O)C(N)Cc1ccc(O)cc1)C(=O)NCC(=O)O. The van der Waals surface area contributed by atoms with Crippen molar-refractivity contribution in [2.45, 2.75) is 51.2 Å². The fraction of sp³-hybridized carbons (Fsp3) is 0.522. The highest BCUT2D eigenvalue weighted by atomic mass is 16.4. The van der Waals surface area contributed by atoms with Crippen LogP contribution in [-0.2, 0) is 30.4 Å². The summed E-state index contributed by atoms with van der Waals surface area (Å²) in [5.41, 5.74) is 6.67. The van der Waals surface area contributed by atoms with Gasteiger partial charge in [-0.1, -0.05) is 26.0 Å². The number of nitrogens with two attached hydrogens (primary N) is 1. The van der Waals surface area contributed by atoms with Gasteiger partial charge in [0.15, 0.2) is 0 Å². The number of nitrogens with zero attached hydrogens (tertiary/aromatic N) is 1. The predicted molar refractivity (Wildman–Crippen MR) is 125 cm³/mol. The lowest BCUT2D eigenvalue weighted by atomic mass is 10.0. The summed E-state index contributed by atoms with van der Waals surface area (Å²) >= 11 is 0. The third-order valence-corrected chi connectivity index (χ3v) is 5.68. The number of rotatable bonds is 11. The molecule has 0 saturated carbocycles. The lowest BCUT2D eigenvalue weighted by molar-refractivity contribution is -0.141. The highest BCUT2D eigenvalue weighted by Gasteiger charge is 2.36. The van der Waals surface area contributed by atoms with E-state index in [1.54, 1.807) is 26.0 Å². The average molecular weight is 492 g/mol. The van der Waals surface area contributed by atoms with Crippen molar-refractivity contribution in [3.8, 4) is 5.75 Å². The number of aromatic hydroxyl groups is 1. The van der Waals surface area contributed by atoms with Crippen molar-refractivity contribution < 1.29 is 34.2 Å². The van der Waals surface area contributed by atoms with Crippen LogP contribution in [0, 0.1) is 5.92 Å². The van der Waals surface area contributed by atoms with Gasteiger partial charge < -0.3 is 36.8 Å². The van der Waals surface area contributed by atoms with E-state index in [9.17, 15) is 29.1 Å². The molecule has 1 aliphatic heterocycles. The van der Waals surface area contributed by atoms with Crippen LogP contribution in [0.3, 0.4) is 0 Å². The fourth-order valence-corrected chi connectivity index (χ4v) is 3.77. The van der Waals surface area contributed by atoms with Crippen LogP contribution in [0.15, 0.2) is 24.3 Å². The third-order valence-electron chi connectivity index (χ3n) is 5.68. The summed E-state index contributed by atoms with van der Waals surface area (Å²) < 4.78 is 0. The Morgan fingerprint density at radius 3 is 2.29 bits per heavy atom. The molecule has 7 N–H and O–H groups in total. The van der Waals surface area contributed by atoms with Crippen LogP contribution < -0.4 is 21.7 Å². The first-order valence-corrected chi connectivity index (χ1v) is 11.4. The topological polar surface area (TPSA) is 191 Å². The Bertz CT molecular complexity index is 935. The number of phenols is 1. The highest BCUT2D eigenvalue weighted by molar-refractivity contribution is 5.94. The predicted octanol–water partition coefficient (Wildman–Crippen LogP) is -1.29. The van der Waals surface area contributed by atoms with Gasteiger partial charge in [0.1, 0.15) is 24.4 Å². The minimum atomic E-state index is -1.20. The second-order valence-electron chi connectivity index (χ2n) is 8.78. The summed E-state index contributed by atoms with van der Waals surface area (Å²) in [7, 11) is 0. The van der Waals surface area contributed by atoms with Gasteiger partial charge in [0, 0.05) is 6.54 Å². The monoisotopic (exact) mass is 491 g/mol. The number of carboxylic acid groups (broad SMARTS) is 1. The molecule has 1 heterocycles. The molecule has 35 heavy (non-hydrogen) atoms. The van der Waals surface area contributed by atoms with Gasteiger partial charge in [-0.2, -0.15) is 0 Å². The van der Waals surface area contributed by atoms with Crippen molar-refractivity contribution >= 4 is 29.6 Å². The lowest BCUT2D eigenvalue weighted by Crippen LogP contribution is -2.56. The molecular weight excluding hydrogens is 458 g/mol. The zero-order valence-electron chi connectivity index (χ0n) is 19.8. The molecule has 4 amide bonds. The van der Waals surface area contributed by atoms with Crippen molar-refractivity contribution in [1.29, 1.82) is 0 Å². The van der Waals surface area contributed by atoms with Gasteiger partial charge >= 0.3 is 5.97 Å². The standard InChI is InChI=1S/C23H33N5O7/c1-13(2)20(23(35)26-12-19(31)32)27-22(34)17-4-3-9-28(17)18(30)11-25-21(33)16(24)10-14-5-7-15(29)8-6-14/h5-8,13,16-17,20,29H,3-4,9-12,24H2,1-2H3,(H,25,33)(H,26,35)(H,27,34)(H,31,32). The number of amides is 4. The number of carbonyl (C=O) groups excluding carboxylic acids is 4. The molecule has 12 heteroatoms. The Labute approximate surface area is 203 Å². The number of aliphatic carboxylic acids is 1. The molecule has 1 fully saturated rings. The van der Waals surface area contributed by atoms with E-state index in [2.05, 4.69) is 16.0 Å². The quantitative estimate of drug-likeness (QED) is 0.220. The molecule has 0 aromatic heterocycles. The maximum Gasteiger partial charge on any atom is 0.322 e. The second-order valence-corrected chi connectivity index (χ2v) is 8.78. The van der Waals surface area contributed by atoms with E-state index in [-0.39, 0.29) is 24.6 Å². The number of carbonyl (C=O) groups is 5. The van der Waals surface area contributed by atoms with Crippen LogP contribution in [0.25, 0.3) is 0 Å². The molecule has 1 saturated heterocycles. The van der Waals surface area contributed by atoms with Gasteiger partial charge in [-0.25, -0.2) is 0 Å². The van der Waals surface area contributed by atoms with E-state index >= 15 is 0 Å². The number of hydrogen-bond donors (Lipinski definition) is 6. The van der Waals surface area contributed by atoms with E-state index in [1.807, 2.05) is 0 Å². The Morgan fingerprint density at radius 1 is 1.06 bits per heavy atom.